The van der Waals surface area contributed by atoms with Crippen molar-refractivity contribution in [2.24, 2.45) is 0 Å². The van der Waals surface area contributed by atoms with Crippen molar-refractivity contribution in [2.75, 3.05) is 0 Å². The standard InChI is InChI=1S/C26H25FO4/c1-2-3-4-5-6-25(28)30-23-17-11-21(12-18-23)26(29)31-24-15-9-20(10-16-24)19-7-13-22(27)14-8-19/h7-18H,2-6H2,1H3. The number of esters is 2. The van der Waals surface area contributed by atoms with Gasteiger partial charge in [0.2, 0.25) is 0 Å². The third-order valence-corrected chi connectivity index (χ3v) is 4.80. The van der Waals surface area contributed by atoms with Gasteiger partial charge in [-0.1, -0.05) is 50.5 Å². The Bertz CT molecular complexity index is 993. The largest absolute Gasteiger partial charge is 0.427 e. The fourth-order valence-electron chi connectivity index (χ4n) is 3.06. The molecule has 0 atom stereocenters. The van der Waals surface area contributed by atoms with E-state index in [0.717, 1.165) is 36.8 Å². The number of hydrogen-bond donors (Lipinski definition) is 0. The van der Waals surface area contributed by atoms with Gasteiger partial charge in [0.15, 0.2) is 0 Å². The summed E-state index contributed by atoms with van der Waals surface area (Å²) >= 11 is 0. The second kappa shape index (κ2) is 11.1. The van der Waals surface area contributed by atoms with Gasteiger partial charge in [-0.05, 0) is 66.1 Å². The third kappa shape index (κ3) is 6.78. The minimum Gasteiger partial charge on any atom is -0.427 e. The van der Waals surface area contributed by atoms with Gasteiger partial charge in [0, 0.05) is 6.42 Å². The molecule has 0 spiro atoms. The van der Waals surface area contributed by atoms with Crippen LogP contribution in [0.5, 0.6) is 11.5 Å². The molecule has 3 aromatic rings. The molecule has 0 radical (unpaired) electrons. The summed E-state index contributed by atoms with van der Waals surface area (Å²) in [6.07, 6.45) is 4.44. The van der Waals surface area contributed by atoms with E-state index in [1.54, 1.807) is 60.7 Å². The lowest BCUT2D eigenvalue weighted by Gasteiger charge is -2.07. The molecule has 0 amide bonds. The van der Waals surface area contributed by atoms with Crippen molar-refractivity contribution in [3.05, 3.63) is 84.2 Å². The monoisotopic (exact) mass is 420 g/mol. The number of rotatable bonds is 9. The molecule has 0 aliphatic carbocycles. The van der Waals surface area contributed by atoms with E-state index in [-0.39, 0.29) is 11.8 Å². The Kier molecular flexibility index (Phi) is 7.93. The van der Waals surface area contributed by atoms with Crippen molar-refractivity contribution in [1.29, 1.82) is 0 Å². The number of hydrogen-bond acceptors (Lipinski definition) is 4. The zero-order valence-electron chi connectivity index (χ0n) is 17.5. The summed E-state index contributed by atoms with van der Waals surface area (Å²) in [5.41, 5.74) is 2.11. The number of carbonyl (C=O) groups is 2. The Morgan fingerprint density at radius 2 is 1.26 bits per heavy atom. The minimum absolute atomic E-state index is 0.271. The molecule has 0 aliphatic rings. The lowest BCUT2D eigenvalue weighted by molar-refractivity contribution is -0.134. The van der Waals surface area contributed by atoms with Crippen molar-refractivity contribution in [3.63, 3.8) is 0 Å². The van der Waals surface area contributed by atoms with E-state index in [0.29, 0.717) is 23.5 Å². The minimum atomic E-state index is -0.507. The number of carbonyl (C=O) groups excluding carboxylic acids is 2. The maximum Gasteiger partial charge on any atom is 0.343 e. The van der Waals surface area contributed by atoms with Crippen LogP contribution < -0.4 is 9.47 Å². The normalized spacial score (nSPS) is 10.5. The first-order valence-corrected chi connectivity index (χ1v) is 10.4. The Morgan fingerprint density at radius 1 is 0.710 bits per heavy atom. The molecule has 0 fully saturated rings. The molecule has 31 heavy (non-hydrogen) atoms. The Balaban J connectivity index is 1.53. The molecule has 0 N–H and O–H groups in total. The molecule has 0 aliphatic heterocycles. The first-order chi connectivity index (χ1) is 15.0. The van der Waals surface area contributed by atoms with Gasteiger partial charge in [0.25, 0.3) is 0 Å². The van der Waals surface area contributed by atoms with Crippen molar-refractivity contribution in [1.82, 2.24) is 0 Å². The summed E-state index contributed by atoms with van der Waals surface area (Å²) in [6.45, 7) is 2.12. The summed E-state index contributed by atoms with van der Waals surface area (Å²) in [5.74, 6) is -0.263. The predicted molar refractivity (Wildman–Crippen MR) is 118 cm³/mol. The zero-order valence-corrected chi connectivity index (χ0v) is 17.5. The second-order valence-electron chi connectivity index (χ2n) is 7.23. The van der Waals surface area contributed by atoms with Crippen LogP contribution in [0.25, 0.3) is 11.1 Å². The van der Waals surface area contributed by atoms with Gasteiger partial charge in [-0.25, -0.2) is 9.18 Å². The summed E-state index contributed by atoms with van der Waals surface area (Å²) < 4.78 is 23.7. The summed E-state index contributed by atoms with van der Waals surface area (Å²) in [5, 5.41) is 0. The number of unbranched alkanes of at least 4 members (excludes halogenated alkanes) is 3. The van der Waals surface area contributed by atoms with E-state index in [2.05, 4.69) is 6.92 Å². The predicted octanol–water partition coefficient (Wildman–Crippen LogP) is 6.59. The average Bonchev–Trinajstić information content (AvgIpc) is 2.78. The van der Waals surface area contributed by atoms with E-state index >= 15 is 0 Å². The molecule has 3 rings (SSSR count). The first-order valence-electron chi connectivity index (χ1n) is 10.4. The topological polar surface area (TPSA) is 52.6 Å². The molecule has 0 bridgehead atoms. The second-order valence-corrected chi connectivity index (χ2v) is 7.23. The summed E-state index contributed by atoms with van der Waals surface area (Å²) in [4.78, 5) is 24.2. The SMILES string of the molecule is CCCCCCC(=O)Oc1ccc(C(=O)Oc2ccc(-c3ccc(F)cc3)cc2)cc1. The molecule has 5 heteroatoms. The fourth-order valence-corrected chi connectivity index (χ4v) is 3.06. The Labute approximate surface area is 181 Å². The zero-order chi connectivity index (χ0) is 22.1. The third-order valence-electron chi connectivity index (χ3n) is 4.80. The molecule has 0 saturated carbocycles. The van der Waals surface area contributed by atoms with Crippen LogP contribution >= 0.6 is 0 Å². The molecular weight excluding hydrogens is 395 g/mol. The van der Waals surface area contributed by atoms with Crippen LogP contribution in [0, 0.1) is 5.82 Å². The van der Waals surface area contributed by atoms with Crippen molar-refractivity contribution < 1.29 is 23.5 Å². The summed E-state index contributed by atoms with van der Waals surface area (Å²) in [7, 11) is 0. The maximum atomic E-state index is 13.1. The van der Waals surface area contributed by atoms with Crippen molar-refractivity contribution in [2.45, 2.75) is 39.0 Å². The van der Waals surface area contributed by atoms with Gasteiger partial charge in [-0.2, -0.15) is 0 Å². The molecular formula is C26H25FO4. The van der Waals surface area contributed by atoms with Gasteiger partial charge in [0.1, 0.15) is 17.3 Å². The maximum absolute atomic E-state index is 13.1. The highest BCUT2D eigenvalue weighted by Gasteiger charge is 2.11. The van der Waals surface area contributed by atoms with Crippen molar-refractivity contribution in [3.8, 4) is 22.6 Å². The molecule has 4 nitrogen and oxygen atoms in total. The van der Waals surface area contributed by atoms with Crippen LogP contribution in [-0.2, 0) is 4.79 Å². The van der Waals surface area contributed by atoms with E-state index < -0.39 is 5.97 Å². The number of benzene rings is 3. The fraction of sp³-hybridized carbons (Fsp3) is 0.231. The molecule has 0 aromatic heterocycles. The van der Waals surface area contributed by atoms with E-state index in [1.807, 2.05) is 0 Å². The van der Waals surface area contributed by atoms with Crippen LogP contribution in [0.1, 0.15) is 49.4 Å². The quantitative estimate of drug-likeness (QED) is 0.223. The van der Waals surface area contributed by atoms with Crippen LogP contribution in [0.3, 0.4) is 0 Å². The van der Waals surface area contributed by atoms with Crippen molar-refractivity contribution >= 4 is 11.9 Å². The van der Waals surface area contributed by atoms with Crippen LogP contribution in [0.2, 0.25) is 0 Å². The molecule has 3 aromatic carbocycles. The number of ether oxygens (including phenoxy) is 2. The van der Waals surface area contributed by atoms with Crippen LogP contribution in [0.15, 0.2) is 72.8 Å². The van der Waals surface area contributed by atoms with Gasteiger partial charge >= 0.3 is 11.9 Å². The highest BCUT2D eigenvalue weighted by molar-refractivity contribution is 5.91. The highest BCUT2D eigenvalue weighted by atomic mass is 19.1. The molecule has 0 unspecified atom stereocenters. The van der Waals surface area contributed by atoms with Crippen LogP contribution in [-0.4, -0.2) is 11.9 Å². The smallest absolute Gasteiger partial charge is 0.343 e. The number of halogens is 1. The Morgan fingerprint density at radius 3 is 1.87 bits per heavy atom. The average molecular weight is 420 g/mol. The Hall–Kier alpha value is -3.47. The first kappa shape index (κ1) is 22.2. The van der Waals surface area contributed by atoms with E-state index in [1.165, 1.54) is 12.1 Å². The van der Waals surface area contributed by atoms with Crippen LogP contribution in [0.4, 0.5) is 4.39 Å². The highest BCUT2D eigenvalue weighted by Crippen LogP contribution is 2.23. The van der Waals surface area contributed by atoms with E-state index in [4.69, 9.17) is 9.47 Å². The molecule has 0 saturated heterocycles. The lowest BCUT2D eigenvalue weighted by atomic mass is 10.1. The molecule has 0 heterocycles. The molecule has 160 valence electrons. The van der Waals surface area contributed by atoms with Gasteiger partial charge in [0.05, 0.1) is 5.56 Å². The van der Waals surface area contributed by atoms with Gasteiger partial charge in [-0.15, -0.1) is 0 Å². The lowest BCUT2D eigenvalue weighted by Crippen LogP contribution is -2.10. The van der Waals surface area contributed by atoms with Gasteiger partial charge in [-0.3, -0.25) is 4.79 Å². The van der Waals surface area contributed by atoms with E-state index in [9.17, 15) is 14.0 Å². The van der Waals surface area contributed by atoms with Gasteiger partial charge < -0.3 is 9.47 Å². The summed E-state index contributed by atoms with van der Waals surface area (Å²) in [6, 6.07) is 19.5.